The van der Waals surface area contributed by atoms with Crippen LogP contribution >= 0.6 is 0 Å². The highest BCUT2D eigenvalue weighted by Gasteiger charge is 2.38. The molecular weight excluding hydrogens is 222 g/mol. The van der Waals surface area contributed by atoms with Gasteiger partial charge in [-0.3, -0.25) is 9.35 Å². The topological polar surface area (TPSA) is 118 Å². The van der Waals surface area contributed by atoms with Gasteiger partial charge in [0.15, 0.2) is 0 Å². The van der Waals surface area contributed by atoms with Crippen LogP contribution in [-0.2, 0) is 14.9 Å². The third-order valence-electron chi connectivity index (χ3n) is 2.87. The van der Waals surface area contributed by atoms with Gasteiger partial charge in [0, 0.05) is 0 Å². The van der Waals surface area contributed by atoms with E-state index in [0.29, 0.717) is 12.8 Å². The summed E-state index contributed by atoms with van der Waals surface area (Å²) in [6.45, 7) is 0. The minimum absolute atomic E-state index is 0.184. The van der Waals surface area contributed by atoms with Crippen molar-refractivity contribution in [3.8, 4) is 0 Å². The molecule has 0 aromatic rings. The molecule has 1 rings (SSSR count). The van der Waals surface area contributed by atoms with Gasteiger partial charge in [0.1, 0.15) is 5.54 Å². The molecule has 0 saturated heterocycles. The van der Waals surface area contributed by atoms with Gasteiger partial charge in [-0.05, 0) is 31.6 Å². The van der Waals surface area contributed by atoms with Crippen molar-refractivity contribution in [2.24, 2.45) is 11.7 Å². The fourth-order valence-electron chi connectivity index (χ4n) is 1.87. The van der Waals surface area contributed by atoms with Crippen LogP contribution < -0.4 is 5.73 Å². The van der Waals surface area contributed by atoms with Crippen LogP contribution in [0.2, 0.25) is 0 Å². The second-order valence-corrected chi connectivity index (χ2v) is 5.65. The van der Waals surface area contributed by atoms with E-state index in [9.17, 15) is 13.2 Å². The molecule has 0 radical (unpaired) electrons. The molecule has 15 heavy (non-hydrogen) atoms. The highest BCUT2D eigenvalue weighted by Crippen LogP contribution is 2.31. The van der Waals surface area contributed by atoms with Gasteiger partial charge in [-0.2, -0.15) is 8.42 Å². The van der Waals surface area contributed by atoms with Crippen molar-refractivity contribution in [1.82, 2.24) is 0 Å². The molecule has 0 amide bonds. The maximum atomic E-state index is 10.8. The van der Waals surface area contributed by atoms with E-state index in [2.05, 4.69) is 0 Å². The maximum Gasteiger partial charge on any atom is 0.323 e. The fourth-order valence-corrected chi connectivity index (χ4v) is 2.80. The van der Waals surface area contributed by atoms with Crippen LogP contribution in [0.4, 0.5) is 0 Å². The molecule has 0 bridgehead atoms. The first-order chi connectivity index (χ1) is 6.73. The average molecular weight is 237 g/mol. The van der Waals surface area contributed by atoms with Crippen LogP contribution in [0.1, 0.15) is 25.7 Å². The molecule has 0 heterocycles. The van der Waals surface area contributed by atoms with Crippen molar-refractivity contribution in [2.75, 3.05) is 5.75 Å². The zero-order valence-electron chi connectivity index (χ0n) is 8.22. The van der Waals surface area contributed by atoms with Gasteiger partial charge in [-0.1, -0.05) is 0 Å². The number of aliphatic carboxylic acids is 1. The summed E-state index contributed by atoms with van der Waals surface area (Å²) >= 11 is 0. The summed E-state index contributed by atoms with van der Waals surface area (Å²) in [5.74, 6) is -1.54. The summed E-state index contributed by atoms with van der Waals surface area (Å²) in [7, 11) is -3.97. The lowest BCUT2D eigenvalue weighted by Gasteiger charge is -2.33. The normalized spacial score (nSPS) is 32.5. The molecule has 88 valence electrons. The largest absolute Gasteiger partial charge is 0.480 e. The van der Waals surface area contributed by atoms with Crippen LogP contribution in [0.25, 0.3) is 0 Å². The Morgan fingerprint density at radius 2 is 1.87 bits per heavy atom. The predicted molar refractivity (Wildman–Crippen MR) is 52.9 cm³/mol. The molecule has 0 atom stereocenters. The molecule has 0 unspecified atom stereocenters. The van der Waals surface area contributed by atoms with Gasteiger partial charge in [-0.15, -0.1) is 0 Å². The molecule has 0 aliphatic heterocycles. The maximum absolute atomic E-state index is 10.8. The monoisotopic (exact) mass is 237 g/mol. The van der Waals surface area contributed by atoms with E-state index in [1.165, 1.54) is 0 Å². The predicted octanol–water partition coefficient (Wildman–Crippen LogP) is -0.154. The molecule has 0 aromatic carbocycles. The van der Waals surface area contributed by atoms with Crippen molar-refractivity contribution in [2.45, 2.75) is 31.2 Å². The highest BCUT2D eigenvalue weighted by atomic mass is 32.2. The standard InChI is InChI=1S/C8H15NO5S/c9-8(7(10)11)3-1-6(2-4-8)5-15(12,13)14/h6H,1-5,9H2,(H,10,11)(H,12,13,14). The van der Waals surface area contributed by atoms with Gasteiger partial charge >= 0.3 is 5.97 Å². The van der Waals surface area contributed by atoms with Gasteiger partial charge in [0.2, 0.25) is 0 Å². The minimum atomic E-state index is -3.97. The Hall–Kier alpha value is -0.660. The third-order valence-corrected chi connectivity index (χ3v) is 3.76. The van der Waals surface area contributed by atoms with Gasteiger partial charge in [-0.25, -0.2) is 0 Å². The molecule has 6 nitrogen and oxygen atoms in total. The second-order valence-electron chi connectivity index (χ2n) is 4.15. The van der Waals surface area contributed by atoms with Crippen molar-refractivity contribution < 1.29 is 22.9 Å². The number of rotatable bonds is 3. The first-order valence-corrected chi connectivity index (χ1v) is 6.31. The number of hydrogen-bond acceptors (Lipinski definition) is 4. The van der Waals surface area contributed by atoms with E-state index in [1.807, 2.05) is 0 Å². The molecule has 0 aromatic heterocycles. The first-order valence-electron chi connectivity index (χ1n) is 4.70. The number of carboxylic acids is 1. The number of nitrogens with two attached hydrogens (primary N) is 1. The van der Waals surface area contributed by atoms with Crippen molar-refractivity contribution in [3.63, 3.8) is 0 Å². The Balaban J connectivity index is 2.53. The average Bonchev–Trinajstić information content (AvgIpc) is 2.07. The molecular formula is C8H15NO5S. The number of hydrogen-bond donors (Lipinski definition) is 3. The van der Waals surface area contributed by atoms with Crippen molar-refractivity contribution in [1.29, 1.82) is 0 Å². The molecule has 1 aliphatic rings. The van der Waals surface area contributed by atoms with Crippen molar-refractivity contribution >= 4 is 16.1 Å². The molecule has 4 N–H and O–H groups in total. The van der Waals surface area contributed by atoms with Crippen LogP contribution in [0.15, 0.2) is 0 Å². The summed E-state index contributed by atoms with van der Waals surface area (Å²) in [5.41, 5.74) is 4.39. The molecule has 7 heteroatoms. The third kappa shape index (κ3) is 3.44. The van der Waals surface area contributed by atoms with Crippen LogP contribution in [0.5, 0.6) is 0 Å². The lowest BCUT2D eigenvalue weighted by atomic mass is 9.78. The molecule has 1 saturated carbocycles. The lowest BCUT2D eigenvalue weighted by molar-refractivity contribution is -0.144. The molecule has 1 fully saturated rings. The van der Waals surface area contributed by atoms with E-state index in [1.54, 1.807) is 0 Å². The van der Waals surface area contributed by atoms with Crippen LogP contribution in [0, 0.1) is 5.92 Å². The fraction of sp³-hybridized carbons (Fsp3) is 0.875. The van der Waals surface area contributed by atoms with E-state index < -0.39 is 21.6 Å². The van der Waals surface area contributed by atoms with E-state index >= 15 is 0 Å². The zero-order valence-corrected chi connectivity index (χ0v) is 9.03. The van der Waals surface area contributed by atoms with E-state index in [-0.39, 0.29) is 24.5 Å². The summed E-state index contributed by atoms with van der Waals surface area (Å²) < 4.78 is 29.8. The number of carboxylic acid groups (broad SMARTS) is 1. The molecule has 0 spiro atoms. The van der Waals surface area contributed by atoms with E-state index in [0.717, 1.165) is 0 Å². The Kier molecular flexibility index (Phi) is 3.37. The summed E-state index contributed by atoms with van der Waals surface area (Å²) in [6.07, 6.45) is 1.34. The number of carbonyl (C=O) groups is 1. The van der Waals surface area contributed by atoms with E-state index in [4.69, 9.17) is 15.4 Å². The van der Waals surface area contributed by atoms with Gasteiger partial charge < -0.3 is 10.8 Å². The van der Waals surface area contributed by atoms with Gasteiger partial charge in [0.05, 0.1) is 5.75 Å². The minimum Gasteiger partial charge on any atom is -0.480 e. The summed E-state index contributed by atoms with van der Waals surface area (Å²) in [6, 6.07) is 0. The first kappa shape index (κ1) is 12.4. The Morgan fingerprint density at radius 3 is 2.20 bits per heavy atom. The summed E-state index contributed by atoms with van der Waals surface area (Å²) in [5, 5.41) is 8.82. The lowest BCUT2D eigenvalue weighted by Crippen LogP contribution is -2.50. The second kappa shape index (κ2) is 4.07. The van der Waals surface area contributed by atoms with Crippen LogP contribution in [0.3, 0.4) is 0 Å². The zero-order chi connectivity index (χ0) is 11.7. The van der Waals surface area contributed by atoms with Gasteiger partial charge in [0.25, 0.3) is 10.1 Å². The Morgan fingerprint density at radius 1 is 1.40 bits per heavy atom. The Bertz CT molecular complexity index is 342. The SMILES string of the molecule is NC1(C(=O)O)CCC(CS(=O)(=O)O)CC1. The highest BCUT2D eigenvalue weighted by molar-refractivity contribution is 7.85. The van der Waals surface area contributed by atoms with Crippen LogP contribution in [-0.4, -0.2) is 35.3 Å². The quantitative estimate of drug-likeness (QED) is 0.587. The summed E-state index contributed by atoms with van der Waals surface area (Å²) in [4.78, 5) is 10.8. The molecule has 1 aliphatic carbocycles. The Labute approximate surface area is 88.2 Å². The smallest absolute Gasteiger partial charge is 0.323 e. The van der Waals surface area contributed by atoms with Crippen molar-refractivity contribution in [3.05, 3.63) is 0 Å².